The maximum atomic E-state index is 12.2. The molecule has 0 aromatic carbocycles. The molecule has 7 nitrogen and oxygen atoms in total. The number of hydrogen-bond acceptors (Lipinski definition) is 5. The number of rotatable bonds is 4. The van der Waals surface area contributed by atoms with Gasteiger partial charge in [0.1, 0.15) is 10.7 Å². The summed E-state index contributed by atoms with van der Waals surface area (Å²) in [6, 6.07) is 0. The summed E-state index contributed by atoms with van der Waals surface area (Å²) < 4.78 is 32.1. The third kappa shape index (κ3) is 2.69. The zero-order chi connectivity index (χ0) is 14.2. The maximum Gasteiger partial charge on any atom is 0.244 e. The van der Waals surface area contributed by atoms with E-state index in [4.69, 9.17) is 4.42 Å². The Kier molecular flexibility index (Phi) is 3.46. The van der Waals surface area contributed by atoms with Crippen LogP contribution in [0.3, 0.4) is 0 Å². The van der Waals surface area contributed by atoms with Gasteiger partial charge in [0.15, 0.2) is 0 Å². The molecule has 0 radical (unpaired) electrons. The van der Waals surface area contributed by atoms with Crippen LogP contribution in [0, 0.1) is 27.7 Å². The van der Waals surface area contributed by atoms with Crippen molar-refractivity contribution in [3.63, 3.8) is 0 Å². The van der Waals surface area contributed by atoms with E-state index in [1.165, 1.54) is 0 Å². The van der Waals surface area contributed by atoms with Gasteiger partial charge < -0.3 is 4.42 Å². The van der Waals surface area contributed by atoms with Gasteiger partial charge in [0, 0.05) is 0 Å². The summed E-state index contributed by atoms with van der Waals surface area (Å²) in [6.07, 6.45) is 0. The van der Waals surface area contributed by atoms with Gasteiger partial charge in [-0.3, -0.25) is 5.10 Å². The third-order valence-corrected chi connectivity index (χ3v) is 4.48. The van der Waals surface area contributed by atoms with E-state index in [2.05, 4.69) is 19.9 Å². The van der Waals surface area contributed by atoms with Crippen molar-refractivity contribution in [1.82, 2.24) is 19.9 Å². The minimum atomic E-state index is -3.62. The van der Waals surface area contributed by atoms with Gasteiger partial charge in [-0.1, -0.05) is 0 Å². The number of H-pyrrole nitrogens is 1. The first kappa shape index (κ1) is 13.8. The van der Waals surface area contributed by atoms with E-state index in [0.717, 1.165) is 5.69 Å². The molecule has 104 valence electrons. The van der Waals surface area contributed by atoms with Gasteiger partial charge >= 0.3 is 0 Å². The minimum Gasteiger partial charge on any atom is -0.444 e. The molecule has 8 heteroatoms. The normalized spacial score (nSPS) is 12.0. The molecular weight excluding hydrogens is 268 g/mol. The van der Waals surface area contributed by atoms with Crippen molar-refractivity contribution in [2.75, 3.05) is 0 Å². The first-order chi connectivity index (χ1) is 8.81. The minimum absolute atomic E-state index is 0.0150. The largest absolute Gasteiger partial charge is 0.444 e. The Bertz CT molecular complexity index is 661. The number of hydrogen-bond donors (Lipinski definition) is 2. The highest BCUT2D eigenvalue weighted by atomic mass is 32.2. The molecule has 2 aromatic heterocycles. The highest BCUT2D eigenvalue weighted by Crippen LogP contribution is 2.17. The molecule has 0 aliphatic carbocycles. The lowest BCUT2D eigenvalue weighted by Crippen LogP contribution is -2.24. The lowest BCUT2D eigenvalue weighted by atomic mass is 10.4. The smallest absolute Gasteiger partial charge is 0.244 e. The predicted octanol–water partition coefficient (Wildman–Crippen LogP) is 1.11. The van der Waals surface area contributed by atoms with Crippen LogP contribution in [0.25, 0.3) is 0 Å². The Morgan fingerprint density at radius 2 is 1.89 bits per heavy atom. The average Bonchev–Trinajstić information content (AvgIpc) is 2.81. The molecule has 0 aliphatic rings. The van der Waals surface area contributed by atoms with E-state index in [1.807, 2.05) is 0 Å². The monoisotopic (exact) mass is 284 g/mol. The molecule has 2 heterocycles. The topological polar surface area (TPSA) is 101 Å². The van der Waals surface area contributed by atoms with Gasteiger partial charge in [-0.2, -0.15) is 5.10 Å². The van der Waals surface area contributed by atoms with E-state index >= 15 is 0 Å². The summed E-state index contributed by atoms with van der Waals surface area (Å²) in [7, 11) is -3.62. The van der Waals surface area contributed by atoms with Crippen LogP contribution in [0.2, 0.25) is 0 Å². The van der Waals surface area contributed by atoms with Crippen LogP contribution in [-0.4, -0.2) is 23.6 Å². The number of aryl methyl sites for hydroxylation is 4. The first-order valence-corrected chi connectivity index (χ1v) is 7.23. The quantitative estimate of drug-likeness (QED) is 0.875. The Hall–Kier alpha value is -1.67. The van der Waals surface area contributed by atoms with Crippen molar-refractivity contribution in [2.45, 2.75) is 39.1 Å². The van der Waals surface area contributed by atoms with Crippen LogP contribution in [-0.2, 0) is 16.6 Å². The summed E-state index contributed by atoms with van der Waals surface area (Å²) in [5, 5.41) is 6.52. The molecule has 0 amide bonds. The van der Waals surface area contributed by atoms with E-state index in [-0.39, 0.29) is 11.4 Å². The van der Waals surface area contributed by atoms with Crippen LogP contribution < -0.4 is 4.72 Å². The van der Waals surface area contributed by atoms with E-state index in [9.17, 15) is 8.42 Å². The summed E-state index contributed by atoms with van der Waals surface area (Å²) in [6.45, 7) is 6.90. The number of nitrogens with one attached hydrogen (secondary N) is 2. The second-order valence-corrected chi connectivity index (χ2v) is 6.04. The van der Waals surface area contributed by atoms with Crippen molar-refractivity contribution < 1.29 is 12.8 Å². The summed E-state index contributed by atoms with van der Waals surface area (Å²) in [4.78, 5) is 4.30. The van der Waals surface area contributed by atoms with Crippen LogP contribution in [0.4, 0.5) is 0 Å². The third-order valence-electron chi connectivity index (χ3n) is 2.82. The number of oxazole rings is 1. The van der Waals surface area contributed by atoms with Gasteiger partial charge in [-0.05, 0) is 27.7 Å². The highest BCUT2D eigenvalue weighted by molar-refractivity contribution is 7.89. The van der Waals surface area contributed by atoms with E-state index in [0.29, 0.717) is 23.0 Å². The van der Waals surface area contributed by atoms with Crippen LogP contribution >= 0.6 is 0 Å². The SMILES string of the molecule is Cc1nc(CNS(=O)(=O)c2c(C)n[nH]c2C)oc1C. The fourth-order valence-corrected chi connectivity index (χ4v) is 3.12. The van der Waals surface area contributed by atoms with Gasteiger partial charge in [-0.25, -0.2) is 18.1 Å². The fourth-order valence-electron chi connectivity index (χ4n) is 1.78. The molecular formula is C11H16N4O3S. The molecule has 2 rings (SSSR count). The number of nitrogens with zero attached hydrogens (tertiary/aromatic N) is 2. The molecule has 0 saturated carbocycles. The number of aromatic amines is 1. The molecule has 2 N–H and O–H groups in total. The predicted molar refractivity (Wildman–Crippen MR) is 68.1 cm³/mol. The fraction of sp³-hybridized carbons (Fsp3) is 0.455. The Labute approximate surface area is 111 Å². The lowest BCUT2D eigenvalue weighted by Gasteiger charge is -2.04. The average molecular weight is 284 g/mol. The van der Waals surface area contributed by atoms with Gasteiger partial charge in [0.25, 0.3) is 0 Å². The molecule has 2 aromatic rings. The zero-order valence-electron chi connectivity index (χ0n) is 11.2. The summed E-state index contributed by atoms with van der Waals surface area (Å²) >= 11 is 0. The van der Waals surface area contributed by atoms with Crippen molar-refractivity contribution >= 4 is 10.0 Å². The maximum absolute atomic E-state index is 12.2. The highest BCUT2D eigenvalue weighted by Gasteiger charge is 2.22. The second kappa shape index (κ2) is 4.78. The molecule has 0 fully saturated rings. The Balaban J connectivity index is 2.19. The molecule has 0 unspecified atom stereocenters. The molecule has 0 aliphatic heterocycles. The number of aromatic nitrogens is 3. The van der Waals surface area contributed by atoms with Crippen molar-refractivity contribution in [3.05, 3.63) is 28.7 Å². The van der Waals surface area contributed by atoms with E-state index < -0.39 is 10.0 Å². The lowest BCUT2D eigenvalue weighted by molar-refractivity contribution is 0.463. The molecule has 19 heavy (non-hydrogen) atoms. The van der Waals surface area contributed by atoms with Crippen molar-refractivity contribution in [2.24, 2.45) is 0 Å². The Morgan fingerprint density at radius 3 is 2.37 bits per heavy atom. The zero-order valence-corrected chi connectivity index (χ0v) is 12.1. The summed E-state index contributed by atoms with van der Waals surface area (Å²) in [5.74, 6) is 1.03. The van der Waals surface area contributed by atoms with E-state index in [1.54, 1.807) is 27.7 Å². The van der Waals surface area contributed by atoms with Crippen LogP contribution in [0.5, 0.6) is 0 Å². The molecule has 0 saturated heterocycles. The molecule has 0 bridgehead atoms. The first-order valence-electron chi connectivity index (χ1n) is 5.75. The van der Waals surface area contributed by atoms with Crippen LogP contribution in [0.1, 0.15) is 28.7 Å². The van der Waals surface area contributed by atoms with Gasteiger partial charge in [0.05, 0.1) is 23.6 Å². The van der Waals surface area contributed by atoms with Gasteiger partial charge in [0.2, 0.25) is 15.9 Å². The van der Waals surface area contributed by atoms with Crippen LogP contribution in [0.15, 0.2) is 9.31 Å². The van der Waals surface area contributed by atoms with Gasteiger partial charge in [-0.15, -0.1) is 0 Å². The van der Waals surface area contributed by atoms with Crippen molar-refractivity contribution in [3.8, 4) is 0 Å². The standard InChI is InChI=1S/C11H16N4O3S/c1-6-9(4)18-10(13-6)5-12-19(16,17)11-7(2)14-15-8(11)3/h12H,5H2,1-4H3,(H,14,15). The van der Waals surface area contributed by atoms with Crippen molar-refractivity contribution in [1.29, 1.82) is 0 Å². The molecule has 0 atom stereocenters. The second-order valence-electron chi connectivity index (χ2n) is 4.34. The molecule has 0 spiro atoms. The Morgan fingerprint density at radius 1 is 1.21 bits per heavy atom. The summed E-state index contributed by atoms with van der Waals surface area (Å²) in [5.41, 5.74) is 1.69. The number of sulfonamides is 1.